The molecule has 0 spiro atoms. The first-order valence-electron chi connectivity index (χ1n) is 5.68. The Balaban J connectivity index is 2.19. The summed E-state index contributed by atoms with van der Waals surface area (Å²) >= 11 is 5.90. The van der Waals surface area contributed by atoms with Gasteiger partial charge in [0.1, 0.15) is 5.82 Å². The summed E-state index contributed by atoms with van der Waals surface area (Å²) in [5.74, 6) is 0.290. The Kier molecular flexibility index (Phi) is 4.04. The summed E-state index contributed by atoms with van der Waals surface area (Å²) in [6.45, 7) is -0.0354. The molecule has 7 heteroatoms. The molecular weight excluding hydrogens is 291 g/mol. The minimum absolute atomic E-state index is 0.0354. The number of nitrogens with one attached hydrogen (secondary N) is 1. The summed E-state index contributed by atoms with van der Waals surface area (Å²) in [5.41, 5.74) is 5.32. The standard InChI is InChI=1S/C13H11ClF3N3/c14-11-5-9(18)7-20-12(11)19-6-8-3-1-2-4-10(8)13(15,16)17/h1-5,7H,6,18H2,(H,19,20). The second kappa shape index (κ2) is 5.58. The summed E-state index contributed by atoms with van der Waals surface area (Å²) in [7, 11) is 0. The van der Waals surface area contributed by atoms with Gasteiger partial charge in [-0.3, -0.25) is 0 Å². The third-order valence-corrected chi connectivity index (χ3v) is 2.92. The van der Waals surface area contributed by atoms with Crippen LogP contribution in [0.4, 0.5) is 24.7 Å². The highest BCUT2D eigenvalue weighted by Gasteiger charge is 2.32. The average molecular weight is 302 g/mol. The number of anilines is 2. The fraction of sp³-hybridized carbons (Fsp3) is 0.154. The number of nitrogens with zero attached hydrogens (tertiary/aromatic N) is 1. The Hall–Kier alpha value is -1.95. The molecule has 0 aliphatic rings. The number of pyridine rings is 1. The highest BCUT2D eigenvalue weighted by Crippen LogP contribution is 2.32. The van der Waals surface area contributed by atoms with E-state index in [4.69, 9.17) is 17.3 Å². The molecule has 1 aromatic heterocycles. The Bertz CT molecular complexity index is 614. The van der Waals surface area contributed by atoms with E-state index in [1.54, 1.807) is 6.07 Å². The van der Waals surface area contributed by atoms with Crippen LogP contribution in [0.15, 0.2) is 36.5 Å². The van der Waals surface area contributed by atoms with Crippen molar-refractivity contribution in [3.05, 3.63) is 52.7 Å². The van der Waals surface area contributed by atoms with Gasteiger partial charge in [0.05, 0.1) is 22.5 Å². The molecule has 20 heavy (non-hydrogen) atoms. The van der Waals surface area contributed by atoms with E-state index in [2.05, 4.69) is 10.3 Å². The molecule has 0 radical (unpaired) electrons. The number of aromatic nitrogens is 1. The van der Waals surface area contributed by atoms with E-state index in [0.29, 0.717) is 5.69 Å². The average Bonchev–Trinajstić information content (AvgIpc) is 2.37. The van der Waals surface area contributed by atoms with Crippen molar-refractivity contribution in [2.45, 2.75) is 12.7 Å². The number of alkyl halides is 3. The quantitative estimate of drug-likeness (QED) is 0.902. The Labute approximate surface area is 118 Å². The van der Waals surface area contributed by atoms with Crippen molar-refractivity contribution >= 4 is 23.1 Å². The lowest BCUT2D eigenvalue weighted by Gasteiger charge is -2.14. The van der Waals surface area contributed by atoms with E-state index in [1.807, 2.05) is 0 Å². The molecule has 3 nitrogen and oxygen atoms in total. The number of hydrogen-bond acceptors (Lipinski definition) is 3. The van der Waals surface area contributed by atoms with E-state index in [0.717, 1.165) is 6.07 Å². The highest BCUT2D eigenvalue weighted by atomic mass is 35.5. The first-order chi connectivity index (χ1) is 9.38. The SMILES string of the molecule is Nc1cnc(NCc2ccccc2C(F)(F)F)c(Cl)c1. The summed E-state index contributed by atoms with van der Waals surface area (Å²) in [6, 6.07) is 6.81. The molecule has 2 aromatic rings. The zero-order valence-electron chi connectivity index (χ0n) is 10.2. The van der Waals surface area contributed by atoms with Crippen LogP contribution in [0.25, 0.3) is 0 Å². The number of nitrogen functional groups attached to an aromatic ring is 1. The third kappa shape index (κ3) is 3.33. The minimum atomic E-state index is -4.39. The fourth-order valence-corrected chi connectivity index (χ4v) is 1.95. The fourth-order valence-electron chi connectivity index (χ4n) is 1.71. The van der Waals surface area contributed by atoms with Crippen molar-refractivity contribution < 1.29 is 13.2 Å². The van der Waals surface area contributed by atoms with Gasteiger partial charge in [0.2, 0.25) is 0 Å². The summed E-state index contributed by atoms with van der Waals surface area (Å²) < 4.78 is 38.5. The third-order valence-electron chi connectivity index (χ3n) is 2.63. The second-order valence-electron chi connectivity index (χ2n) is 4.11. The predicted molar refractivity (Wildman–Crippen MR) is 72.4 cm³/mol. The number of benzene rings is 1. The Morgan fingerprint density at radius 3 is 2.60 bits per heavy atom. The van der Waals surface area contributed by atoms with Gasteiger partial charge in [-0.2, -0.15) is 13.2 Å². The lowest BCUT2D eigenvalue weighted by molar-refractivity contribution is -0.138. The minimum Gasteiger partial charge on any atom is -0.397 e. The maximum atomic E-state index is 12.8. The van der Waals surface area contributed by atoms with Gasteiger partial charge in [-0.1, -0.05) is 29.8 Å². The molecule has 1 aromatic carbocycles. The number of rotatable bonds is 3. The maximum absolute atomic E-state index is 12.8. The van der Waals surface area contributed by atoms with Gasteiger partial charge in [-0.25, -0.2) is 4.98 Å². The molecule has 0 fully saturated rings. The number of nitrogens with two attached hydrogens (primary N) is 1. The molecule has 0 saturated carbocycles. The van der Waals surface area contributed by atoms with Crippen LogP contribution in [0.5, 0.6) is 0 Å². The first-order valence-corrected chi connectivity index (χ1v) is 6.05. The summed E-state index contributed by atoms with van der Waals surface area (Å²) in [4.78, 5) is 3.94. The van der Waals surface area contributed by atoms with Crippen molar-refractivity contribution in [2.75, 3.05) is 11.1 Å². The smallest absolute Gasteiger partial charge is 0.397 e. The summed E-state index contributed by atoms with van der Waals surface area (Å²) in [6.07, 6.45) is -3.01. The highest BCUT2D eigenvalue weighted by molar-refractivity contribution is 6.33. The van der Waals surface area contributed by atoms with Crippen LogP contribution in [0, 0.1) is 0 Å². The van der Waals surface area contributed by atoms with Gasteiger partial charge in [0.15, 0.2) is 0 Å². The van der Waals surface area contributed by atoms with Gasteiger partial charge in [-0.05, 0) is 17.7 Å². The molecule has 0 aliphatic heterocycles. The van der Waals surface area contributed by atoms with E-state index < -0.39 is 11.7 Å². The lowest BCUT2D eigenvalue weighted by Crippen LogP contribution is -2.12. The van der Waals surface area contributed by atoms with Gasteiger partial charge in [0, 0.05) is 6.54 Å². The zero-order chi connectivity index (χ0) is 14.8. The molecule has 0 saturated heterocycles. The normalized spacial score (nSPS) is 11.4. The van der Waals surface area contributed by atoms with Crippen LogP contribution >= 0.6 is 11.6 Å². The molecule has 3 N–H and O–H groups in total. The van der Waals surface area contributed by atoms with E-state index >= 15 is 0 Å². The molecular formula is C13H11ClF3N3. The largest absolute Gasteiger partial charge is 0.416 e. The molecule has 2 rings (SSSR count). The molecule has 0 bridgehead atoms. The van der Waals surface area contributed by atoms with E-state index in [-0.39, 0.29) is 22.9 Å². The first kappa shape index (κ1) is 14.5. The van der Waals surface area contributed by atoms with Crippen molar-refractivity contribution in [3.8, 4) is 0 Å². The number of hydrogen-bond donors (Lipinski definition) is 2. The van der Waals surface area contributed by atoms with Gasteiger partial charge in [-0.15, -0.1) is 0 Å². The van der Waals surface area contributed by atoms with Crippen LogP contribution in [-0.2, 0) is 12.7 Å². The monoisotopic (exact) mass is 301 g/mol. The van der Waals surface area contributed by atoms with Crippen LogP contribution < -0.4 is 11.1 Å². The number of halogens is 4. The molecule has 1 heterocycles. The molecule has 0 aliphatic carbocycles. The van der Waals surface area contributed by atoms with Crippen LogP contribution in [0.3, 0.4) is 0 Å². The molecule has 0 amide bonds. The molecule has 0 unspecified atom stereocenters. The Morgan fingerprint density at radius 2 is 1.95 bits per heavy atom. The van der Waals surface area contributed by atoms with Gasteiger partial charge < -0.3 is 11.1 Å². The van der Waals surface area contributed by atoms with Crippen molar-refractivity contribution in [3.63, 3.8) is 0 Å². The maximum Gasteiger partial charge on any atom is 0.416 e. The zero-order valence-corrected chi connectivity index (χ0v) is 11.0. The Morgan fingerprint density at radius 1 is 1.25 bits per heavy atom. The predicted octanol–water partition coefficient (Wildman–Crippen LogP) is 3.95. The topological polar surface area (TPSA) is 50.9 Å². The van der Waals surface area contributed by atoms with Crippen molar-refractivity contribution in [1.82, 2.24) is 4.98 Å². The molecule has 0 atom stereocenters. The van der Waals surface area contributed by atoms with E-state index in [9.17, 15) is 13.2 Å². The van der Waals surface area contributed by atoms with Crippen LogP contribution in [0.2, 0.25) is 5.02 Å². The molecule has 106 valence electrons. The van der Waals surface area contributed by atoms with Crippen LogP contribution in [-0.4, -0.2) is 4.98 Å². The van der Waals surface area contributed by atoms with E-state index in [1.165, 1.54) is 24.4 Å². The van der Waals surface area contributed by atoms with Gasteiger partial charge in [0.25, 0.3) is 0 Å². The van der Waals surface area contributed by atoms with Gasteiger partial charge >= 0.3 is 6.18 Å². The second-order valence-corrected chi connectivity index (χ2v) is 4.51. The van der Waals surface area contributed by atoms with Crippen molar-refractivity contribution in [2.24, 2.45) is 0 Å². The lowest BCUT2D eigenvalue weighted by atomic mass is 10.1. The summed E-state index contributed by atoms with van der Waals surface area (Å²) in [5, 5.41) is 3.03. The van der Waals surface area contributed by atoms with Crippen LogP contribution in [0.1, 0.15) is 11.1 Å². The van der Waals surface area contributed by atoms with Crippen molar-refractivity contribution in [1.29, 1.82) is 0 Å².